The number of carbonyl (C=O) groups excluding carboxylic acids is 1. The first-order valence-electron chi connectivity index (χ1n) is 8.90. The summed E-state index contributed by atoms with van der Waals surface area (Å²) in [4.78, 5) is 21.3. The molecule has 2 heterocycles. The Morgan fingerprint density at radius 1 is 1.20 bits per heavy atom. The van der Waals surface area contributed by atoms with E-state index >= 15 is 0 Å². The molecular weight excluding hydrogens is 409 g/mol. The van der Waals surface area contributed by atoms with E-state index < -0.39 is 11.7 Å². The van der Waals surface area contributed by atoms with Crippen molar-refractivity contribution in [3.63, 3.8) is 0 Å². The summed E-state index contributed by atoms with van der Waals surface area (Å²) in [5.74, 6) is -0.952. The molecular formula is C22H15ClFN3O3. The number of aromatic nitrogens is 1. The van der Waals surface area contributed by atoms with Crippen molar-refractivity contribution in [1.29, 1.82) is 0 Å². The zero-order valence-electron chi connectivity index (χ0n) is 15.7. The van der Waals surface area contributed by atoms with Gasteiger partial charge in [-0.15, -0.1) is 0 Å². The normalized spacial score (nSPS) is 11.6. The van der Waals surface area contributed by atoms with Crippen LogP contribution < -0.4 is 10.9 Å². The molecule has 0 atom stereocenters. The summed E-state index contributed by atoms with van der Waals surface area (Å²) in [7, 11) is 0. The van der Waals surface area contributed by atoms with E-state index in [1.807, 2.05) is 13.0 Å². The van der Waals surface area contributed by atoms with Gasteiger partial charge < -0.3 is 14.8 Å². The number of amides is 1. The molecule has 4 rings (SSSR count). The first kappa shape index (κ1) is 19.6. The van der Waals surface area contributed by atoms with Crippen molar-refractivity contribution < 1.29 is 18.7 Å². The van der Waals surface area contributed by atoms with Gasteiger partial charge in [0.25, 0.3) is 5.91 Å². The smallest absolute Gasteiger partial charge is 0.262 e. The first-order valence-corrected chi connectivity index (χ1v) is 9.28. The second-order valence-corrected chi connectivity index (χ2v) is 6.95. The van der Waals surface area contributed by atoms with Gasteiger partial charge in [-0.3, -0.25) is 4.79 Å². The quantitative estimate of drug-likeness (QED) is 0.478. The fourth-order valence-corrected chi connectivity index (χ4v) is 2.94. The molecule has 1 amide bonds. The average Bonchev–Trinajstić information content (AvgIpc) is 2.72. The molecule has 0 aliphatic rings. The topological polar surface area (TPSA) is 87.7 Å². The summed E-state index contributed by atoms with van der Waals surface area (Å²) in [5, 5.41) is 12.9. The number of fused-ring (bicyclic) bond motifs is 1. The highest BCUT2D eigenvalue weighted by Gasteiger charge is 2.15. The number of phenolic OH excluding ortho intramolecular Hbond substituents is 1. The Morgan fingerprint density at radius 3 is 2.80 bits per heavy atom. The Labute approximate surface area is 175 Å². The Bertz CT molecular complexity index is 1330. The second kappa shape index (κ2) is 7.96. The minimum Gasteiger partial charge on any atom is -0.508 e. The van der Waals surface area contributed by atoms with Crippen LogP contribution in [0.15, 0.2) is 70.2 Å². The highest BCUT2D eigenvalue weighted by Crippen LogP contribution is 2.25. The van der Waals surface area contributed by atoms with E-state index in [4.69, 9.17) is 16.0 Å². The minimum atomic E-state index is -0.739. The Kier molecular flexibility index (Phi) is 5.20. The van der Waals surface area contributed by atoms with Crippen molar-refractivity contribution in [3.8, 4) is 5.75 Å². The molecule has 0 spiro atoms. The number of rotatable bonds is 3. The maximum absolute atomic E-state index is 14.4. The molecule has 0 fully saturated rings. The highest BCUT2D eigenvalue weighted by atomic mass is 35.5. The number of pyridine rings is 1. The van der Waals surface area contributed by atoms with E-state index in [9.17, 15) is 14.3 Å². The van der Waals surface area contributed by atoms with Crippen molar-refractivity contribution in [2.24, 2.45) is 4.99 Å². The third-order valence-corrected chi connectivity index (χ3v) is 4.58. The summed E-state index contributed by atoms with van der Waals surface area (Å²) in [6, 6.07) is 13.8. The number of carbonyl (C=O) groups is 1. The highest BCUT2D eigenvalue weighted by molar-refractivity contribution is 6.31. The van der Waals surface area contributed by atoms with E-state index in [1.54, 1.807) is 24.4 Å². The Morgan fingerprint density at radius 2 is 2.03 bits per heavy atom. The molecule has 0 unspecified atom stereocenters. The number of hydrogen-bond acceptors (Lipinski definition) is 5. The van der Waals surface area contributed by atoms with Crippen LogP contribution in [0, 0.1) is 12.7 Å². The van der Waals surface area contributed by atoms with E-state index in [1.165, 1.54) is 30.3 Å². The maximum Gasteiger partial charge on any atom is 0.262 e. The van der Waals surface area contributed by atoms with Crippen LogP contribution in [0.2, 0.25) is 5.02 Å². The van der Waals surface area contributed by atoms with E-state index in [2.05, 4.69) is 15.3 Å². The van der Waals surface area contributed by atoms with E-state index in [0.717, 1.165) is 5.56 Å². The lowest BCUT2D eigenvalue weighted by molar-refractivity contribution is 0.102. The lowest BCUT2D eigenvalue weighted by Crippen LogP contribution is -2.22. The number of aromatic hydroxyl groups is 1. The fourth-order valence-electron chi connectivity index (χ4n) is 2.77. The van der Waals surface area contributed by atoms with Crippen molar-refractivity contribution in [1.82, 2.24) is 4.98 Å². The molecule has 4 aromatic rings. The van der Waals surface area contributed by atoms with Crippen LogP contribution in [0.4, 0.5) is 15.9 Å². The van der Waals surface area contributed by atoms with Gasteiger partial charge in [-0.05, 0) is 48.9 Å². The van der Waals surface area contributed by atoms with Crippen molar-refractivity contribution in [3.05, 3.63) is 88.3 Å². The van der Waals surface area contributed by atoms with Crippen LogP contribution in [0.1, 0.15) is 15.9 Å². The molecule has 2 N–H and O–H groups in total. The first-order chi connectivity index (χ1) is 14.4. The van der Waals surface area contributed by atoms with Gasteiger partial charge >= 0.3 is 0 Å². The standard InChI is InChI=1S/C22H15ClFN3O3/c1-12-5-8-19(25-11-12)27-21(29)15-9-13-6-7-14(28)10-18(13)30-22(15)26-17-4-2-3-16(23)20(17)24/h2-11,28H,1H3,(H,25,27,29). The van der Waals surface area contributed by atoms with Gasteiger partial charge in [0.1, 0.15) is 28.4 Å². The lowest BCUT2D eigenvalue weighted by atomic mass is 10.1. The summed E-state index contributed by atoms with van der Waals surface area (Å²) in [6.07, 6.45) is 1.62. The summed E-state index contributed by atoms with van der Waals surface area (Å²) < 4.78 is 20.1. The van der Waals surface area contributed by atoms with Crippen LogP contribution >= 0.6 is 11.6 Å². The molecule has 0 saturated carbocycles. The Hall–Kier alpha value is -3.71. The summed E-state index contributed by atoms with van der Waals surface area (Å²) in [6.45, 7) is 1.88. The number of nitrogens with one attached hydrogen (secondary N) is 1. The fraction of sp³-hybridized carbons (Fsp3) is 0.0455. The molecule has 6 nitrogen and oxygen atoms in total. The SMILES string of the molecule is Cc1ccc(NC(=O)c2cc3ccc(O)cc3oc2=Nc2cccc(Cl)c2F)nc1. The van der Waals surface area contributed by atoms with E-state index in [0.29, 0.717) is 11.2 Å². The molecule has 150 valence electrons. The summed E-state index contributed by atoms with van der Waals surface area (Å²) >= 11 is 5.83. The molecule has 0 aliphatic heterocycles. The van der Waals surface area contributed by atoms with Crippen LogP contribution in [0.3, 0.4) is 0 Å². The monoisotopic (exact) mass is 423 g/mol. The lowest BCUT2D eigenvalue weighted by Gasteiger charge is -2.07. The maximum atomic E-state index is 14.4. The van der Waals surface area contributed by atoms with Gasteiger partial charge in [0, 0.05) is 17.6 Å². The second-order valence-electron chi connectivity index (χ2n) is 6.55. The number of phenols is 1. The van der Waals surface area contributed by atoms with Crippen LogP contribution in [-0.2, 0) is 0 Å². The zero-order chi connectivity index (χ0) is 21.3. The number of halogens is 2. The molecule has 2 aromatic carbocycles. The van der Waals surface area contributed by atoms with Crippen molar-refractivity contribution in [2.45, 2.75) is 6.92 Å². The van der Waals surface area contributed by atoms with Gasteiger partial charge in [0.15, 0.2) is 5.82 Å². The number of nitrogens with zero attached hydrogens (tertiary/aromatic N) is 2. The van der Waals surface area contributed by atoms with Crippen LogP contribution in [-0.4, -0.2) is 16.0 Å². The molecule has 2 aromatic heterocycles. The van der Waals surface area contributed by atoms with Gasteiger partial charge in [-0.2, -0.15) is 0 Å². The molecule has 30 heavy (non-hydrogen) atoms. The van der Waals surface area contributed by atoms with Crippen LogP contribution in [0.5, 0.6) is 5.75 Å². The van der Waals surface area contributed by atoms with Crippen molar-refractivity contribution in [2.75, 3.05) is 5.32 Å². The minimum absolute atomic E-state index is 0.0211. The predicted octanol–water partition coefficient (Wildman–Crippen LogP) is 5.12. The van der Waals surface area contributed by atoms with Crippen molar-refractivity contribution >= 4 is 40.0 Å². The number of benzene rings is 2. The number of hydrogen-bond donors (Lipinski definition) is 2. The summed E-state index contributed by atoms with van der Waals surface area (Å²) in [5.41, 5.74) is 1.06. The molecule has 0 radical (unpaired) electrons. The van der Waals surface area contributed by atoms with Gasteiger partial charge in [0.05, 0.1) is 5.02 Å². The zero-order valence-corrected chi connectivity index (χ0v) is 16.4. The third-order valence-electron chi connectivity index (χ3n) is 4.28. The van der Waals surface area contributed by atoms with Crippen LogP contribution in [0.25, 0.3) is 11.0 Å². The molecule has 0 aliphatic carbocycles. The van der Waals surface area contributed by atoms with Gasteiger partial charge in [-0.25, -0.2) is 14.4 Å². The predicted molar refractivity (Wildman–Crippen MR) is 111 cm³/mol. The third kappa shape index (κ3) is 4.01. The van der Waals surface area contributed by atoms with Gasteiger partial charge in [0.2, 0.25) is 5.55 Å². The van der Waals surface area contributed by atoms with Gasteiger partial charge in [-0.1, -0.05) is 23.7 Å². The average molecular weight is 424 g/mol. The number of anilines is 1. The Balaban J connectivity index is 1.88. The number of aryl methyl sites for hydroxylation is 1. The largest absolute Gasteiger partial charge is 0.508 e. The van der Waals surface area contributed by atoms with E-state index in [-0.39, 0.29) is 33.2 Å². The molecule has 8 heteroatoms. The molecule has 0 bridgehead atoms. The molecule has 0 saturated heterocycles.